The molecule has 1 aliphatic heterocycles. The van der Waals surface area contributed by atoms with Crippen molar-refractivity contribution in [3.8, 4) is 0 Å². The summed E-state index contributed by atoms with van der Waals surface area (Å²) >= 11 is 5.38. The first-order valence-corrected chi connectivity index (χ1v) is 10.2. The van der Waals surface area contributed by atoms with Gasteiger partial charge in [-0.2, -0.15) is 0 Å². The number of halogens is 1. The second-order valence-corrected chi connectivity index (χ2v) is 7.11. The van der Waals surface area contributed by atoms with E-state index in [0.717, 1.165) is 0 Å². The summed E-state index contributed by atoms with van der Waals surface area (Å²) < 4.78 is 20.9. The number of esters is 3. The summed E-state index contributed by atoms with van der Waals surface area (Å²) in [5.74, 6) is -2.83. The standard InChI is InChI=1S/C22H21ClO9/c23-11-16(24)29-12-15-17(25)18(31-20(26)13-7-3-1-4-8-13)19(22(28)30-15)32-21(27)14-9-5-2-6-10-14/h1-10,15,17-19,22,25,28H,11-12H2/t15-,17-,18+,19-,22-/m1/s1. The third-order valence-corrected chi connectivity index (χ3v) is 4.88. The lowest BCUT2D eigenvalue weighted by molar-refractivity contribution is -0.285. The summed E-state index contributed by atoms with van der Waals surface area (Å²) in [7, 11) is 0. The van der Waals surface area contributed by atoms with E-state index in [2.05, 4.69) is 0 Å². The molecule has 0 amide bonds. The van der Waals surface area contributed by atoms with E-state index in [9.17, 15) is 24.6 Å². The maximum Gasteiger partial charge on any atom is 0.338 e. The molecule has 0 spiro atoms. The first-order valence-electron chi connectivity index (χ1n) is 9.66. The van der Waals surface area contributed by atoms with E-state index in [0.29, 0.717) is 0 Å². The van der Waals surface area contributed by atoms with Gasteiger partial charge in [-0.3, -0.25) is 4.79 Å². The second-order valence-electron chi connectivity index (χ2n) is 6.84. The number of ether oxygens (including phenoxy) is 4. The third-order valence-electron chi connectivity index (χ3n) is 4.66. The van der Waals surface area contributed by atoms with Crippen molar-refractivity contribution in [1.29, 1.82) is 0 Å². The maximum atomic E-state index is 12.6. The summed E-state index contributed by atoms with van der Waals surface area (Å²) in [4.78, 5) is 36.4. The zero-order valence-corrected chi connectivity index (χ0v) is 17.5. The Morgan fingerprint density at radius 2 is 1.34 bits per heavy atom. The molecule has 0 radical (unpaired) electrons. The van der Waals surface area contributed by atoms with E-state index in [4.69, 9.17) is 30.5 Å². The fourth-order valence-corrected chi connectivity index (χ4v) is 3.13. The van der Waals surface area contributed by atoms with Crippen LogP contribution in [0, 0.1) is 0 Å². The number of benzene rings is 2. The van der Waals surface area contributed by atoms with Crippen LogP contribution in [-0.2, 0) is 23.7 Å². The smallest absolute Gasteiger partial charge is 0.338 e. The van der Waals surface area contributed by atoms with Gasteiger partial charge in [0.1, 0.15) is 24.7 Å². The van der Waals surface area contributed by atoms with Gasteiger partial charge in [-0.25, -0.2) is 9.59 Å². The topological polar surface area (TPSA) is 129 Å². The number of aliphatic hydroxyl groups excluding tert-OH is 2. The first-order chi connectivity index (χ1) is 15.4. The fraction of sp³-hybridized carbons (Fsp3) is 0.318. The molecule has 2 aromatic rings. The molecule has 2 aromatic carbocycles. The maximum absolute atomic E-state index is 12.6. The molecule has 1 saturated heterocycles. The highest BCUT2D eigenvalue weighted by molar-refractivity contribution is 6.26. The predicted molar refractivity (Wildman–Crippen MR) is 110 cm³/mol. The van der Waals surface area contributed by atoms with Crippen molar-refractivity contribution < 1.29 is 43.5 Å². The average Bonchev–Trinajstić information content (AvgIpc) is 2.83. The Morgan fingerprint density at radius 3 is 1.84 bits per heavy atom. The molecule has 0 saturated carbocycles. The van der Waals surface area contributed by atoms with Crippen LogP contribution in [0.3, 0.4) is 0 Å². The Hall–Kier alpha value is -2.98. The van der Waals surface area contributed by atoms with Crippen LogP contribution in [0.5, 0.6) is 0 Å². The number of aliphatic hydroxyl groups is 2. The monoisotopic (exact) mass is 464 g/mol. The molecule has 0 unspecified atom stereocenters. The van der Waals surface area contributed by atoms with Crippen LogP contribution in [0.4, 0.5) is 0 Å². The Bertz CT molecular complexity index is 922. The molecule has 170 valence electrons. The molecule has 9 nitrogen and oxygen atoms in total. The number of hydrogen-bond acceptors (Lipinski definition) is 9. The summed E-state index contributed by atoms with van der Waals surface area (Å²) in [6.07, 6.45) is -7.70. The Kier molecular flexibility index (Phi) is 8.18. The Morgan fingerprint density at radius 1 is 0.844 bits per heavy atom. The summed E-state index contributed by atoms with van der Waals surface area (Å²) in [6, 6.07) is 15.9. The Balaban J connectivity index is 1.81. The fourth-order valence-electron chi connectivity index (χ4n) is 3.05. The van der Waals surface area contributed by atoms with Crippen LogP contribution in [0.1, 0.15) is 20.7 Å². The van der Waals surface area contributed by atoms with Crippen molar-refractivity contribution in [2.75, 3.05) is 12.5 Å². The summed E-state index contributed by atoms with van der Waals surface area (Å²) in [5.41, 5.74) is 0.361. The van der Waals surface area contributed by atoms with Crippen molar-refractivity contribution >= 4 is 29.5 Å². The van der Waals surface area contributed by atoms with Gasteiger partial charge in [-0.05, 0) is 24.3 Å². The SMILES string of the molecule is O=C(CCl)OC[C@H]1O[C@@H](O)[C@H](OC(=O)c2ccccc2)[C@@H](OC(=O)c2ccccc2)[C@@H]1O. The van der Waals surface area contributed by atoms with Gasteiger partial charge < -0.3 is 29.2 Å². The van der Waals surface area contributed by atoms with E-state index >= 15 is 0 Å². The lowest BCUT2D eigenvalue weighted by Gasteiger charge is -2.41. The molecular formula is C22H21ClO9. The van der Waals surface area contributed by atoms with E-state index in [-0.39, 0.29) is 11.1 Å². The normalized spacial score (nSPS) is 24.9. The van der Waals surface area contributed by atoms with Gasteiger partial charge in [0, 0.05) is 0 Å². The predicted octanol–water partition coefficient (Wildman–Crippen LogP) is 1.30. The lowest BCUT2D eigenvalue weighted by Crippen LogP contribution is -2.61. The van der Waals surface area contributed by atoms with Crippen molar-refractivity contribution in [1.82, 2.24) is 0 Å². The molecule has 1 fully saturated rings. The highest BCUT2D eigenvalue weighted by Gasteiger charge is 2.49. The van der Waals surface area contributed by atoms with Gasteiger partial charge >= 0.3 is 17.9 Å². The highest BCUT2D eigenvalue weighted by atomic mass is 35.5. The molecule has 2 N–H and O–H groups in total. The molecule has 1 heterocycles. The van der Waals surface area contributed by atoms with Crippen LogP contribution in [0.25, 0.3) is 0 Å². The number of carbonyl (C=O) groups is 3. The number of rotatable bonds is 7. The minimum absolute atomic E-state index is 0.180. The van der Waals surface area contributed by atoms with Gasteiger partial charge in [0.15, 0.2) is 18.5 Å². The molecule has 5 atom stereocenters. The lowest BCUT2D eigenvalue weighted by atomic mass is 9.98. The van der Waals surface area contributed by atoms with Gasteiger partial charge in [0.25, 0.3) is 0 Å². The van der Waals surface area contributed by atoms with E-state index in [1.165, 1.54) is 24.3 Å². The molecule has 0 aliphatic carbocycles. The molecule has 10 heteroatoms. The largest absolute Gasteiger partial charge is 0.462 e. The van der Waals surface area contributed by atoms with Gasteiger partial charge in [-0.15, -0.1) is 11.6 Å². The minimum atomic E-state index is -1.78. The van der Waals surface area contributed by atoms with Gasteiger partial charge in [0.05, 0.1) is 11.1 Å². The van der Waals surface area contributed by atoms with Gasteiger partial charge in [-0.1, -0.05) is 36.4 Å². The van der Waals surface area contributed by atoms with Gasteiger partial charge in [0.2, 0.25) is 0 Å². The number of alkyl halides is 1. The second kappa shape index (κ2) is 11.1. The van der Waals surface area contributed by atoms with Crippen molar-refractivity contribution in [2.24, 2.45) is 0 Å². The minimum Gasteiger partial charge on any atom is -0.462 e. The zero-order chi connectivity index (χ0) is 23.1. The van der Waals surface area contributed by atoms with Crippen molar-refractivity contribution in [2.45, 2.75) is 30.7 Å². The van der Waals surface area contributed by atoms with Crippen LogP contribution < -0.4 is 0 Å². The third kappa shape index (κ3) is 5.83. The molecule has 3 rings (SSSR count). The van der Waals surface area contributed by atoms with E-state index < -0.39 is 61.1 Å². The highest BCUT2D eigenvalue weighted by Crippen LogP contribution is 2.27. The van der Waals surface area contributed by atoms with Crippen molar-refractivity contribution in [3.05, 3.63) is 71.8 Å². The van der Waals surface area contributed by atoms with Crippen molar-refractivity contribution in [3.63, 3.8) is 0 Å². The molecule has 32 heavy (non-hydrogen) atoms. The first kappa shape index (κ1) is 23.7. The quantitative estimate of drug-likeness (QED) is 0.354. The van der Waals surface area contributed by atoms with Crippen LogP contribution in [-0.4, -0.2) is 71.3 Å². The van der Waals surface area contributed by atoms with Crippen LogP contribution in [0.15, 0.2) is 60.7 Å². The average molecular weight is 465 g/mol. The molecule has 0 aromatic heterocycles. The zero-order valence-electron chi connectivity index (χ0n) is 16.7. The van der Waals surface area contributed by atoms with Crippen LogP contribution in [0.2, 0.25) is 0 Å². The number of hydrogen-bond donors (Lipinski definition) is 2. The van der Waals surface area contributed by atoms with Crippen LogP contribution >= 0.6 is 11.6 Å². The number of carbonyl (C=O) groups excluding carboxylic acids is 3. The Labute approximate surface area is 188 Å². The van der Waals surface area contributed by atoms with E-state index in [1.807, 2.05) is 0 Å². The summed E-state index contributed by atoms with van der Waals surface area (Å²) in [5, 5.41) is 21.2. The summed E-state index contributed by atoms with van der Waals surface area (Å²) in [6.45, 7) is -0.470. The molecule has 1 aliphatic rings. The molecule has 0 bridgehead atoms. The van der Waals surface area contributed by atoms with E-state index in [1.54, 1.807) is 36.4 Å². The molecular weight excluding hydrogens is 444 g/mol.